The van der Waals surface area contributed by atoms with E-state index < -0.39 is 0 Å². The van der Waals surface area contributed by atoms with Crippen molar-refractivity contribution in [2.75, 3.05) is 18.4 Å². The molecule has 9 heteroatoms. The number of aromatic nitrogens is 4. The number of hydrogen-bond acceptors (Lipinski definition) is 6. The van der Waals surface area contributed by atoms with Gasteiger partial charge in [-0.1, -0.05) is 12.1 Å². The molecule has 2 amide bonds. The molecule has 4 rings (SSSR count). The van der Waals surface area contributed by atoms with Crippen LogP contribution in [0.1, 0.15) is 28.1 Å². The number of rotatable bonds is 4. The standard InChI is InChI=1S/C19H20N6O2S/c1-13-6-7-15(25-12-20-22-23-25)10-16(13)21-18(26)14-4-2-8-24(11-14)19(27)17-5-3-9-28-17/h3,5-7,9-10,12,14H,2,4,8,11H2,1H3,(H,21,26)/t14-/m1/s1. The molecule has 2 aromatic heterocycles. The number of piperidine rings is 1. The summed E-state index contributed by atoms with van der Waals surface area (Å²) in [6.07, 6.45) is 3.09. The van der Waals surface area contributed by atoms with Gasteiger partial charge < -0.3 is 10.2 Å². The Hall–Kier alpha value is -3.07. The second-order valence-corrected chi connectivity index (χ2v) is 7.76. The lowest BCUT2D eigenvalue weighted by Crippen LogP contribution is -2.43. The Morgan fingerprint density at radius 3 is 2.93 bits per heavy atom. The number of anilines is 1. The highest BCUT2D eigenvalue weighted by Crippen LogP contribution is 2.24. The summed E-state index contributed by atoms with van der Waals surface area (Å²) in [7, 11) is 0. The number of nitrogens with one attached hydrogen (secondary N) is 1. The summed E-state index contributed by atoms with van der Waals surface area (Å²) < 4.78 is 1.54. The number of carbonyl (C=O) groups excluding carboxylic acids is 2. The maximum atomic E-state index is 12.9. The zero-order valence-corrected chi connectivity index (χ0v) is 16.2. The quantitative estimate of drug-likeness (QED) is 0.731. The van der Waals surface area contributed by atoms with Crippen LogP contribution in [0.4, 0.5) is 5.69 Å². The van der Waals surface area contributed by atoms with E-state index in [1.54, 1.807) is 4.90 Å². The van der Waals surface area contributed by atoms with E-state index in [4.69, 9.17) is 0 Å². The second-order valence-electron chi connectivity index (χ2n) is 6.81. The van der Waals surface area contributed by atoms with Crippen molar-refractivity contribution < 1.29 is 9.59 Å². The van der Waals surface area contributed by atoms with Crippen molar-refractivity contribution in [3.8, 4) is 5.69 Å². The molecule has 1 fully saturated rings. The summed E-state index contributed by atoms with van der Waals surface area (Å²) in [5.74, 6) is -0.293. The maximum absolute atomic E-state index is 12.9. The first kappa shape index (κ1) is 18.3. The lowest BCUT2D eigenvalue weighted by Gasteiger charge is -2.32. The fraction of sp³-hybridized carbons (Fsp3) is 0.316. The van der Waals surface area contributed by atoms with Crippen LogP contribution >= 0.6 is 11.3 Å². The Balaban J connectivity index is 1.46. The third-order valence-corrected chi connectivity index (χ3v) is 5.76. The minimum Gasteiger partial charge on any atom is -0.337 e. The average Bonchev–Trinajstić information content (AvgIpc) is 3.43. The van der Waals surface area contributed by atoms with Crippen LogP contribution in [-0.2, 0) is 4.79 Å². The molecular weight excluding hydrogens is 376 g/mol. The number of tetrazole rings is 1. The van der Waals surface area contributed by atoms with E-state index in [2.05, 4.69) is 20.8 Å². The normalized spacial score (nSPS) is 16.8. The van der Waals surface area contributed by atoms with Crippen molar-refractivity contribution in [2.45, 2.75) is 19.8 Å². The minimum atomic E-state index is -0.228. The smallest absolute Gasteiger partial charge is 0.263 e. The number of amides is 2. The molecule has 0 aliphatic carbocycles. The summed E-state index contributed by atoms with van der Waals surface area (Å²) in [6.45, 7) is 3.06. The molecule has 1 aromatic carbocycles. The van der Waals surface area contributed by atoms with Crippen molar-refractivity contribution in [3.63, 3.8) is 0 Å². The molecule has 0 spiro atoms. The van der Waals surface area contributed by atoms with Crippen LogP contribution in [0.5, 0.6) is 0 Å². The molecule has 144 valence electrons. The Kier molecular flexibility index (Phi) is 5.16. The number of benzene rings is 1. The Morgan fingerprint density at radius 1 is 1.29 bits per heavy atom. The highest BCUT2D eigenvalue weighted by Gasteiger charge is 2.29. The largest absolute Gasteiger partial charge is 0.337 e. The van der Waals surface area contributed by atoms with Gasteiger partial charge in [0.05, 0.1) is 16.5 Å². The summed E-state index contributed by atoms with van der Waals surface area (Å²) in [5, 5.41) is 16.1. The molecule has 1 N–H and O–H groups in total. The number of likely N-dealkylation sites (tertiary alicyclic amines) is 1. The predicted octanol–water partition coefficient (Wildman–Crippen LogP) is 2.52. The molecule has 0 radical (unpaired) electrons. The third kappa shape index (κ3) is 3.79. The lowest BCUT2D eigenvalue weighted by molar-refractivity contribution is -0.121. The van der Waals surface area contributed by atoms with Crippen LogP contribution in [0.25, 0.3) is 5.69 Å². The first-order valence-electron chi connectivity index (χ1n) is 9.09. The number of aryl methyl sites for hydroxylation is 1. The molecule has 0 unspecified atom stereocenters. The van der Waals surface area contributed by atoms with Gasteiger partial charge in [0.1, 0.15) is 6.33 Å². The zero-order valence-electron chi connectivity index (χ0n) is 15.4. The van der Waals surface area contributed by atoms with Crippen molar-refractivity contribution in [3.05, 3.63) is 52.5 Å². The molecule has 1 saturated heterocycles. The van der Waals surface area contributed by atoms with Crippen LogP contribution in [0.2, 0.25) is 0 Å². The molecule has 1 aliphatic heterocycles. The van der Waals surface area contributed by atoms with Crippen molar-refractivity contribution >= 4 is 28.8 Å². The topological polar surface area (TPSA) is 93.0 Å². The number of carbonyl (C=O) groups is 2. The molecule has 1 aliphatic rings. The summed E-state index contributed by atoms with van der Waals surface area (Å²) in [4.78, 5) is 28.0. The first-order chi connectivity index (χ1) is 13.6. The van der Waals surface area contributed by atoms with Gasteiger partial charge in [0, 0.05) is 18.8 Å². The molecule has 1 atom stereocenters. The van der Waals surface area contributed by atoms with Crippen LogP contribution in [0, 0.1) is 12.8 Å². The first-order valence-corrected chi connectivity index (χ1v) is 9.97. The predicted molar refractivity (Wildman–Crippen MR) is 105 cm³/mol. The number of thiophene rings is 1. The average molecular weight is 396 g/mol. The van der Waals surface area contributed by atoms with Crippen LogP contribution in [-0.4, -0.2) is 50.0 Å². The monoisotopic (exact) mass is 396 g/mol. The number of hydrogen-bond donors (Lipinski definition) is 1. The van der Waals surface area contributed by atoms with E-state index in [9.17, 15) is 9.59 Å². The maximum Gasteiger partial charge on any atom is 0.263 e. The highest BCUT2D eigenvalue weighted by molar-refractivity contribution is 7.12. The molecule has 8 nitrogen and oxygen atoms in total. The second kappa shape index (κ2) is 7.89. The fourth-order valence-corrected chi connectivity index (χ4v) is 4.02. The van der Waals surface area contributed by atoms with Crippen molar-refractivity contribution in [1.29, 1.82) is 0 Å². The minimum absolute atomic E-state index is 0.00404. The Morgan fingerprint density at radius 2 is 2.18 bits per heavy atom. The molecule has 3 heterocycles. The van der Waals surface area contributed by atoms with Gasteiger partial charge in [-0.15, -0.1) is 16.4 Å². The van der Waals surface area contributed by atoms with Gasteiger partial charge in [0.25, 0.3) is 5.91 Å². The SMILES string of the molecule is Cc1ccc(-n2cnnn2)cc1NC(=O)[C@@H]1CCCN(C(=O)c2cccs2)C1. The Labute approximate surface area is 166 Å². The molecule has 28 heavy (non-hydrogen) atoms. The lowest BCUT2D eigenvalue weighted by atomic mass is 9.96. The third-order valence-electron chi connectivity index (χ3n) is 4.90. The van der Waals surface area contributed by atoms with E-state index in [1.807, 2.05) is 42.6 Å². The van der Waals surface area contributed by atoms with E-state index in [1.165, 1.54) is 22.3 Å². The van der Waals surface area contributed by atoms with E-state index >= 15 is 0 Å². The van der Waals surface area contributed by atoms with Gasteiger partial charge in [0.15, 0.2) is 0 Å². The summed E-state index contributed by atoms with van der Waals surface area (Å²) in [5.41, 5.74) is 2.44. The van der Waals surface area contributed by atoms with Gasteiger partial charge in [-0.2, -0.15) is 0 Å². The Bertz CT molecular complexity index is 970. The van der Waals surface area contributed by atoms with Gasteiger partial charge in [0.2, 0.25) is 5.91 Å². The summed E-state index contributed by atoms with van der Waals surface area (Å²) >= 11 is 1.43. The van der Waals surface area contributed by atoms with Gasteiger partial charge in [-0.3, -0.25) is 9.59 Å². The number of nitrogens with zero attached hydrogens (tertiary/aromatic N) is 5. The van der Waals surface area contributed by atoms with Gasteiger partial charge >= 0.3 is 0 Å². The van der Waals surface area contributed by atoms with Crippen molar-refractivity contribution in [2.24, 2.45) is 5.92 Å². The molecule has 3 aromatic rings. The van der Waals surface area contributed by atoms with Crippen LogP contribution in [0.15, 0.2) is 42.0 Å². The van der Waals surface area contributed by atoms with Gasteiger partial charge in [-0.25, -0.2) is 4.68 Å². The van der Waals surface area contributed by atoms with Crippen LogP contribution in [0.3, 0.4) is 0 Å². The van der Waals surface area contributed by atoms with Crippen LogP contribution < -0.4 is 5.32 Å². The van der Waals surface area contributed by atoms with E-state index in [-0.39, 0.29) is 17.7 Å². The van der Waals surface area contributed by atoms with Gasteiger partial charge in [-0.05, 0) is 59.3 Å². The highest BCUT2D eigenvalue weighted by atomic mass is 32.1. The molecular formula is C19H20N6O2S. The summed E-state index contributed by atoms with van der Waals surface area (Å²) in [6, 6.07) is 9.35. The van der Waals surface area contributed by atoms with E-state index in [0.717, 1.165) is 29.8 Å². The van der Waals surface area contributed by atoms with E-state index in [0.29, 0.717) is 18.0 Å². The zero-order chi connectivity index (χ0) is 19.5. The van der Waals surface area contributed by atoms with Crippen molar-refractivity contribution in [1.82, 2.24) is 25.1 Å². The fourth-order valence-electron chi connectivity index (χ4n) is 3.33. The molecule has 0 bridgehead atoms. The molecule has 0 saturated carbocycles.